The first-order chi connectivity index (χ1) is 14.2. The second-order valence-corrected chi connectivity index (χ2v) is 7.84. The molecule has 4 heterocycles. The number of amides is 1. The summed E-state index contributed by atoms with van der Waals surface area (Å²) >= 11 is 0. The van der Waals surface area contributed by atoms with E-state index in [1.54, 1.807) is 12.4 Å². The average molecular weight is 396 g/mol. The van der Waals surface area contributed by atoms with Gasteiger partial charge in [-0.25, -0.2) is 4.98 Å². The zero-order valence-electron chi connectivity index (χ0n) is 17.1. The van der Waals surface area contributed by atoms with Crippen LogP contribution in [0.15, 0.2) is 24.5 Å². The molecule has 2 saturated heterocycles. The highest BCUT2D eigenvalue weighted by molar-refractivity contribution is 6.05. The van der Waals surface area contributed by atoms with E-state index in [1.165, 1.54) is 0 Å². The summed E-state index contributed by atoms with van der Waals surface area (Å²) in [6.07, 6.45) is 5.38. The SMILES string of the molecule is CN1CCN(CC#CCOC2CCN(C(=O)c3c[nH]c4ncccc34)CC2)CC1. The predicted octanol–water partition coefficient (Wildman–Crippen LogP) is 1.43. The predicted molar refractivity (Wildman–Crippen MR) is 113 cm³/mol. The standard InChI is InChI=1S/C22H29N5O2/c1-25-12-14-26(15-13-25)9-2-3-16-29-18-6-10-27(11-7-18)22(28)20-17-24-21-19(20)5-4-8-23-21/h4-5,8,17-18H,6-7,9-16H2,1H3,(H,23,24). The van der Waals surface area contributed by atoms with Gasteiger partial charge in [-0.3, -0.25) is 9.69 Å². The third-order valence-electron chi connectivity index (χ3n) is 5.83. The van der Waals surface area contributed by atoms with Crippen molar-refractivity contribution in [1.29, 1.82) is 0 Å². The molecule has 7 nitrogen and oxygen atoms in total. The lowest BCUT2D eigenvalue weighted by Gasteiger charge is -2.31. The molecule has 0 aromatic carbocycles. The van der Waals surface area contributed by atoms with Crippen LogP contribution in [0.3, 0.4) is 0 Å². The topological polar surface area (TPSA) is 64.7 Å². The van der Waals surface area contributed by atoms with Crippen LogP contribution in [-0.2, 0) is 4.74 Å². The van der Waals surface area contributed by atoms with E-state index in [-0.39, 0.29) is 12.0 Å². The van der Waals surface area contributed by atoms with Crippen molar-refractivity contribution < 1.29 is 9.53 Å². The summed E-state index contributed by atoms with van der Waals surface area (Å²) in [5.74, 6) is 6.44. The molecule has 1 N–H and O–H groups in total. The molecule has 2 aromatic rings. The van der Waals surface area contributed by atoms with Crippen LogP contribution in [0.1, 0.15) is 23.2 Å². The van der Waals surface area contributed by atoms with E-state index in [2.05, 4.69) is 38.7 Å². The van der Waals surface area contributed by atoms with Gasteiger partial charge in [0.15, 0.2) is 0 Å². The number of H-pyrrole nitrogens is 1. The molecular formula is C22H29N5O2. The Hall–Kier alpha value is -2.40. The van der Waals surface area contributed by atoms with Gasteiger partial charge in [0.05, 0.1) is 18.2 Å². The number of carbonyl (C=O) groups is 1. The molecule has 2 aliphatic heterocycles. The third-order valence-corrected chi connectivity index (χ3v) is 5.83. The monoisotopic (exact) mass is 395 g/mol. The van der Waals surface area contributed by atoms with Gasteiger partial charge in [0.2, 0.25) is 0 Å². The number of piperidine rings is 1. The minimum atomic E-state index is 0.0645. The number of hydrogen-bond donors (Lipinski definition) is 1. The van der Waals surface area contributed by atoms with Crippen LogP contribution in [0.2, 0.25) is 0 Å². The summed E-state index contributed by atoms with van der Waals surface area (Å²) in [7, 11) is 2.16. The number of nitrogens with one attached hydrogen (secondary N) is 1. The van der Waals surface area contributed by atoms with Crippen molar-refractivity contribution in [3.05, 3.63) is 30.1 Å². The molecule has 154 valence electrons. The fourth-order valence-corrected chi connectivity index (χ4v) is 3.91. The highest BCUT2D eigenvalue weighted by atomic mass is 16.5. The highest BCUT2D eigenvalue weighted by Crippen LogP contribution is 2.21. The summed E-state index contributed by atoms with van der Waals surface area (Å²) in [6.45, 7) is 7.13. The summed E-state index contributed by atoms with van der Waals surface area (Å²) in [6, 6.07) is 3.79. The smallest absolute Gasteiger partial charge is 0.256 e. The van der Waals surface area contributed by atoms with Crippen molar-refractivity contribution in [2.45, 2.75) is 18.9 Å². The Morgan fingerprint density at radius 2 is 2.00 bits per heavy atom. The Morgan fingerprint density at radius 3 is 2.79 bits per heavy atom. The van der Waals surface area contributed by atoms with Crippen LogP contribution in [0.5, 0.6) is 0 Å². The van der Waals surface area contributed by atoms with Gasteiger partial charge in [-0.05, 0) is 32.0 Å². The van der Waals surface area contributed by atoms with Crippen LogP contribution in [0.4, 0.5) is 0 Å². The lowest BCUT2D eigenvalue weighted by molar-refractivity contribution is 0.0231. The lowest BCUT2D eigenvalue weighted by Crippen LogP contribution is -2.44. The number of hydrogen-bond acceptors (Lipinski definition) is 5. The van der Waals surface area contributed by atoms with Crippen LogP contribution in [0, 0.1) is 11.8 Å². The summed E-state index contributed by atoms with van der Waals surface area (Å²) < 4.78 is 5.92. The number of aromatic amines is 1. The summed E-state index contributed by atoms with van der Waals surface area (Å²) in [4.78, 5) is 26.8. The number of fused-ring (bicyclic) bond motifs is 1. The molecule has 0 aliphatic carbocycles. The van der Waals surface area contributed by atoms with E-state index < -0.39 is 0 Å². The van der Waals surface area contributed by atoms with Gasteiger partial charge in [-0.1, -0.05) is 11.8 Å². The molecule has 1 amide bonds. The molecule has 0 atom stereocenters. The Morgan fingerprint density at radius 1 is 1.21 bits per heavy atom. The second kappa shape index (κ2) is 9.40. The van der Waals surface area contributed by atoms with Crippen LogP contribution >= 0.6 is 0 Å². The zero-order chi connectivity index (χ0) is 20.1. The van der Waals surface area contributed by atoms with Crippen LogP contribution in [-0.4, -0.2) is 96.1 Å². The molecule has 7 heteroatoms. The maximum Gasteiger partial charge on any atom is 0.256 e. The number of carbonyl (C=O) groups excluding carboxylic acids is 1. The minimum Gasteiger partial charge on any atom is -0.365 e. The van der Waals surface area contributed by atoms with Gasteiger partial charge < -0.3 is 19.5 Å². The normalized spacial score (nSPS) is 19.3. The number of piperazine rings is 1. The first kappa shape index (κ1) is 19.9. The number of ether oxygens (including phenoxy) is 1. The number of likely N-dealkylation sites (N-methyl/N-ethyl adjacent to an activating group) is 1. The van der Waals surface area contributed by atoms with Crippen molar-refractivity contribution in [3.63, 3.8) is 0 Å². The van der Waals surface area contributed by atoms with E-state index in [0.29, 0.717) is 25.3 Å². The molecule has 0 bridgehead atoms. The maximum atomic E-state index is 12.9. The highest BCUT2D eigenvalue weighted by Gasteiger charge is 2.25. The van der Waals surface area contributed by atoms with Crippen molar-refractivity contribution in [1.82, 2.24) is 24.7 Å². The molecule has 0 radical (unpaired) electrons. The Balaban J connectivity index is 1.19. The van der Waals surface area contributed by atoms with Crippen molar-refractivity contribution in [2.75, 3.05) is 59.5 Å². The van der Waals surface area contributed by atoms with E-state index in [1.807, 2.05) is 17.0 Å². The molecule has 29 heavy (non-hydrogen) atoms. The summed E-state index contributed by atoms with van der Waals surface area (Å²) in [5.41, 5.74) is 1.45. The van der Waals surface area contributed by atoms with Gasteiger partial charge in [-0.2, -0.15) is 0 Å². The van der Waals surface area contributed by atoms with Gasteiger partial charge in [0, 0.05) is 57.0 Å². The largest absolute Gasteiger partial charge is 0.365 e. The van der Waals surface area contributed by atoms with Crippen molar-refractivity contribution in [2.24, 2.45) is 0 Å². The van der Waals surface area contributed by atoms with E-state index >= 15 is 0 Å². The van der Waals surface area contributed by atoms with E-state index in [0.717, 1.165) is 56.6 Å². The van der Waals surface area contributed by atoms with Crippen LogP contribution < -0.4 is 0 Å². The molecule has 0 saturated carbocycles. The van der Waals surface area contributed by atoms with E-state index in [9.17, 15) is 4.79 Å². The Kier molecular flexibility index (Phi) is 6.45. The van der Waals surface area contributed by atoms with Gasteiger partial charge in [0.25, 0.3) is 5.91 Å². The van der Waals surface area contributed by atoms with Crippen molar-refractivity contribution >= 4 is 16.9 Å². The lowest BCUT2D eigenvalue weighted by atomic mass is 10.1. The average Bonchev–Trinajstić information content (AvgIpc) is 3.19. The molecule has 2 aliphatic rings. The fourth-order valence-electron chi connectivity index (χ4n) is 3.91. The van der Waals surface area contributed by atoms with Gasteiger partial charge >= 0.3 is 0 Å². The number of nitrogens with zero attached hydrogens (tertiary/aromatic N) is 4. The Labute approximate surface area is 172 Å². The number of likely N-dealkylation sites (tertiary alicyclic amines) is 1. The quantitative estimate of drug-likeness (QED) is 0.794. The third kappa shape index (κ3) is 4.96. The van der Waals surface area contributed by atoms with E-state index in [4.69, 9.17) is 4.74 Å². The van der Waals surface area contributed by atoms with Gasteiger partial charge in [0.1, 0.15) is 12.3 Å². The van der Waals surface area contributed by atoms with Crippen molar-refractivity contribution in [3.8, 4) is 11.8 Å². The molecule has 4 rings (SSSR count). The second-order valence-electron chi connectivity index (χ2n) is 7.84. The minimum absolute atomic E-state index is 0.0645. The summed E-state index contributed by atoms with van der Waals surface area (Å²) in [5, 5.41) is 0.881. The molecular weight excluding hydrogens is 366 g/mol. The zero-order valence-corrected chi connectivity index (χ0v) is 17.1. The van der Waals surface area contributed by atoms with Crippen LogP contribution in [0.25, 0.3) is 11.0 Å². The van der Waals surface area contributed by atoms with Gasteiger partial charge in [-0.15, -0.1) is 0 Å². The maximum absolute atomic E-state index is 12.9. The fraction of sp³-hybridized carbons (Fsp3) is 0.545. The Bertz CT molecular complexity index is 883. The molecule has 2 aromatic heterocycles. The number of pyridine rings is 1. The molecule has 0 unspecified atom stereocenters. The number of rotatable bonds is 4. The first-order valence-electron chi connectivity index (χ1n) is 10.4. The number of aromatic nitrogens is 2. The first-order valence-corrected chi connectivity index (χ1v) is 10.4. The molecule has 0 spiro atoms. The molecule has 2 fully saturated rings.